The monoisotopic (exact) mass is 214 g/mol. The zero-order chi connectivity index (χ0) is 10.6. The first-order valence-electron chi connectivity index (χ1n) is 4.14. The van der Waals surface area contributed by atoms with Crippen LogP contribution in [0.1, 0.15) is 6.42 Å². The van der Waals surface area contributed by atoms with Crippen molar-refractivity contribution in [1.29, 1.82) is 0 Å². The summed E-state index contributed by atoms with van der Waals surface area (Å²) in [5.41, 5.74) is 0. The topological polar surface area (TPSA) is 53.4 Å². The van der Waals surface area contributed by atoms with Crippen molar-refractivity contribution in [2.45, 2.75) is 6.42 Å². The predicted molar refractivity (Wildman–Crippen MR) is 54.8 cm³/mol. The summed E-state index contributed by atoms with van der Waals surface area (Å²) in [7, 11) is 1.76. The van der Waals surface area contributed by atoms with Crippen molar-refractivity contribution in [1.82, 2.24) is 4.98 Å². The van der Waals surface area contributed by atoms with Crippen LogP contribution in [0.3, 0.4) is 0 Å². The average molecular weight is 215 g/mol. The molecule has 0 saturated heterocycles. The molecule has 76 valence electrons. The molecule has 0 saturated carbocycles. The Morgan fingerprint density at radius 2 is 2.43 bits per heavy atom. The summed E-state index contributed by atoms with van der Waals surface area (Å²) in [4.78, 5) is 16.1. The highest BCUT2D eigenvalue weighted by molar-refractivity contribution is 6.32. The lowest BCUT2D eigenvalue weighted by Crippen LogP contribution is -2.22. The molecule has 1 aromatic heterocycles. The molecule has 5 heteroatoms. The summed E-state index contributed by atoms with van der Waals surface area (Å²) in [6, 6.07) is 3.46. The van der Waals surface area contributed by atoms with Gasteiger partial charge in [0.25, 0.3) is 0 Å². The number of carboxylic acids is 1. The van der Waals surface area contributed by atoms with Crippen LogP contribution < -0.4 is 4.90 Å². The minimum atomic E-state index is -0.830. The van der Waals surface area contributed by atoms with E-state index in [1.165, 1.54) is 0 Å². The Kier molecular flexibility index (Phi) is 3.71. The van der Waals surface area contributed by atoms with Gasteiger partial charge in [-0.15, -0.1) is 0 Å². The minimum absolute atomic E-state index is 0.0728. The van der Waals surface area contributed by atoms with Gasteiger partial charge >= 0.3 is 5.97 Å². The fourth-order valence-electron chi connectivity index (χ4n) is 1.03. The lowest BCUT2D eigenvalue weighted by atomic mass is 10.3. The van der Waals surface area contributed by atoms with Crippen molar-refractivity contribution < 1.29 is 9.90 Å². The lowest BCUT2D eigenvalue weighted by molar-refractivity contribution is -0.136. The number of carboxylic acid groups (broad SMARTS) is 1. The maximum Gasteiger partial charge on any atom is 0.305 e. The first-order valence-corrected chi connectivity index (χ1v) is 4.52. The molecule has 0 spiro atoms. The number of aromatic nitrogens is 1. The van der Waals surface area contributed by atoms with Gasteiger partial charge < -0.3 is 10.0 Å². The van der Waals surface area contributed by atoms with Gasteiger partial charge in [-0.3, -0.25) is 4.79 Å². The fourth-order valence-corrected chi connectivity index (χ4v) is 1.29. The molecule has 4 nitrogen and oxygen atoms in total. The summed E-state index contributed by atoms with van der Waals surface area (Å²) < 4.78 is 0. The van der Waals surface area contributed by atoms with Crippen LogP contribution in [-0.2, 0) is 4.79 Å². The van der Waals surface area contributed by atoms with Crippen molar-refractivity contribution in [3.8, 4) is 0 Å². The van der Waals surface area contributed by atoms with E-state index in [1.807, 2.05) is 0 Å². The van der Waals surface area contributed by atoms with Gasteiger partial charge in [-0.25, -0.2) is 4.98 Å². The average Bonchev–Trinajstić information content (AvgIpc) is 2.15. The molecule has 0 amide bonds. The van der Waals surface area contributed by atoms with E-state index in [4.69, 9.17) is 16.7 Å². The smallest absolute Gasteiger partial charge is 0.305 e. The Morgan fingerprint density at radius 1 is 1.71 bits per heavy atom. The third kappa shape index (κ3) is 2.88. The Bertz CT molecular complexity index is 330. The number of pyridine rings is 1. The number of hydrogen-bond donors (Lipinski definition) is 1. The number of anilines is 1. The molecule has 1 aromatic rings. The van der Waals surface area contributed by atoms with E-state index in [-0.39, 0.29) is 6.42 Å². The second-order valence-corrected chi connectivity index (χ2v) is 3.28. The second-order valence-electron chi connectivity index (χ2n) is 2.87. The highest BCUT2D eigenvalue weighted by atomic mass is 35.5. The molecular weight excluding hydrogens is 204 g/mol. The number of nitrogens with zero attached hydrogens (tertiary/aromatic N) is 2. The number of halogens is 1. The molecule has 0 aliphatic rings. The summed E-state index contributed by atoms with van der Waals surface area (Å²) in [6.45, 7) is 0.395. The van der Waals surface area contributed by atoms with Crippen LogP contribution in [-0.4, -0.2) is 29.7 Å². The van der Waals surface area contributed by atoms with Crippen molar-refractivity contribution in [2.24, 2.45) is 0 Å². The number of rotatable bonds is 4. The molecule has 0 atom stereocenters. The molecule has 1 heterocycles. The maximum absolute atomic E-state index is 10.3. The van der Waals surface area contributed by atoms with Crippen LogP contribution in [0, 0.1) is 0 Å². The van der Waals surface area contributed by atoms with E-state index in [2.05, 4.69) is 4.98 Å². The fraction of sp³-hybridized carbons (Fsp3) is 0.333. The van der Waals surface area contributed by atoms with Crippen molar-refractivity contribution in [2.75, 3.05) is 18.5 Å². The largest absolute Gasteiger partial charge is 0.481 e. The van der Waals surface area contributed by atoms with Gasteiger partial charge in [0.1, 0.15) is 5.82 Å². The molecule has 0 aliphatic heterocycles. The molecule has 1 rings (SSSR count). The highest BCUT2D eigenvalue weighted by Crippen LogP contribution is 2.20. The summed E-state index contributed by atoms with van der Waals surface area (Å²) in [6.07, 6.45) is 1.70. The Balaban J connectivity index is 2.65. The standard InChI is InChI=1S/C9H11ClN2O2/c1-12(6-4-8(13)14)9-7(10)3-2-5-11-9/h2-3,5H,4,6H2,1H3,(H,13,14). The van der Waals surface area contributed by atoms with Crippen LogP contribution in [0.5, 0.6) is 0 Å². The first-order chi connectivity index (χ1) is 6.61. The van der Waals surface area contributed by atoms with Crippen LogP contribution in [0.4, 0.5) is 5.82 Å². The number of hydrogen-bond acceptors (Lipinski definition) is 3. The van der Waals surface area contributed by atoms with Gasteiger partial charge in [-0.1, -0.05) is 11.6 Å². The summed E-state index contributed by atoms with van der Waals surface area (Å²) in [5.74, 6) is -0.223. The molecule has 14 heavy (non-hydrogen) atoms. The zero-order valence-corrected chi connectivity index (χ0v) is 8.53. The summed E-state index contributed by atoms with van der Waals surface area (Å²) in [5, 5.41) is 9.03. The van der Waals surface area contributed by atoms with E-state index >= 15 is 0 Å². The third-order valence-corrected chi connectivity index (χ3v) is 2.06. The van der Waals surface area contributed by atoms with Crippen molar-refractivity contribution in [3.63, 3.8) is 0 Å². The van der Waals surface area contributed by atoms with E-state index in [0.717, 1.165) is 0 Å². The van der Waals surface area contributed by atoms with Gasteiger partial charge in [-0.2, -0.15) is 0 Å². The number of carbonyl (C=O) groups is 1. The van der Waals surface area contributed by atoms with Crippen molar-refractivity contribution >= 4 is 23.4 Å². The molecule has 0 aromatic carbocycles. The van der Waals surface area contributed by atoms with Crippen LogP contribution >= 0.6 is 11.6 Å². The van der Waals surface area contributed by atoms with Gasteiger partial charge in [0, 0.05) is 19.8 Å². The lowest BCUT2D eigenvalue weighted by Gasteiger charge is -2.17. The molecule has 0 bridgehead atoms. The Morgan fingerprint density at radius 3 is 3.00 bits per heavy atom. The van der Waals surface area contributed by atoms with E-state index in [0.29, 0.717) is 17.4 Å². The SMILES string of the molecule is CN(CCC(=O)O)c1ncccc1Cl. The normalized spacial score (nSPS) is 9.86. The minimum Gasteiger partial charge on any atom is -0.481 e. The third-order valence-electron chi connectivity index (χ3n) is 1.76. The van der Waals surface area contributed by atoms with E-state index in [1.54, 1.807) is 30.3 Å². The number of aliphatic carboxylic acids is 1. The molecular formula is C9H11ClN2O2. The molecule has 1 N–H and O–H groups in total. The predicted octanol–water partition coefficient (Wildman–Crippen LogP) is 1.65. The van der Waals surface area contributed by atoms with Gasteiger partial charge in [-0.05, 0) is 12.1 Å². The second kappa shape index (κ2) is 4.81. The van der Waals surface area contributed by atoms with Gasteiger partial charge in [0.05, 0.1) is 11.4 Å². The molecule has 0 radical (unpaired) electrons. The van der Waals surface area contributed by atoms with Crippen LogP contribution in [0.2, 0.25) is 5.02 Å². The van der Waals surface area contributed by atoms with E-state index in [9.17, 15) is 4.79 Å². The van der Waals surface area contributed by atoms with Crippen LogP contribution in [0.15, 0.2) is 18.3 Å². The summed E-state index contributed by atoms with van der Waals surface area (Å²) >= 11 is 5.88. The first kappa shape index (κ1) is 10.8. The highest BCUT2D eigenvalue weighted by Gasteiger charge is 2.07. The maximum atomic E-state index is 10.3. The quantitative estimate of drug-likeness (QED) is 0.828. The molecule has 0 fully saturated rings. The Hall–Kier alpha value is -1.29. The van der Waals surface area contributed by atoms with Crippen LogP contribution in [0.25, 0.3) is 0 Å². The Labute approximate surface area is 87.1 Å². The molecule has 0 unspecified atom stereocenters. The van der Waals surface area contributed by atoms with Gasteiger partial charge in [0.15, 0.2) is 0 Å². The molecule has 0 aliphatic carbocycles. The van der Waals surface area contributed by atoms with Gasteiger partial charge in [0.2, 0.25) is 0 Å². The zero-order valence-electron chi connectivity index (χ0n) is 7.77. The van der Waals surface area contributed by atoms with E-state index < -0.39 is 5.97 Å². The van der Waals surface area contributed by atoms with Crippen molar-refractivity contribution in [3.05, 3.63) is 23.4 Å².